The average Bonchev–Trinajstić information content (AvgIpc) is 2.44. The Balaban J connectivity index is 2.37. The second-order valence-electron chi connectivity index (χ2n) is 5.40. The van der Waals surface area contributed by atoms with Crippen LogP contribution in [-0.2, 0) is 9.59 Å². The van der Waals surface area contributed by atoms with Crippen LogP contribution in [0.4, 0.5) is 4.79 Å². The Bertz CT molecular complexity index is 392. The molecule has 0 saturated carbocycles. The molecule has 0 aromatic carbocycles. The lowest BCUT2D eigenvalue weighted by molar-refractivity contribution is -0.137. The molecule has 0 bridgehead atoms. The molecule has 1 aliphatic heterocycles. The van der Waals surface area contributed by atoms with Crippen molar-refractivity contribution < 1.29 is 19.5 Å². The molecule has 0 aromatic rings. The number of rotatable bonds is 5. The number of hydrogen-bond acceptors (Lipinski definition) is 4. The number of carboxylic acid groups (broad SMARTS) is 1. The molecule has 1 aliphatic rings. The third kappa shape index (κ3) is 5.58. The summed E-state index contributed by atoms with van der Waals surface area (Å²) in [6.07, 6.45) is 0.116. The number of nitrogens with zero attached hydrogens (tertiary/aromatic N) is 4. The molecule has 120 valence electrons. The van der Waals surface area contributed by atoms with E-state index in [1.807, 2.05) is 4.90 Å². The number of hydrogen-bond donors (Lipinski definition) is 1. The van der Waals surface area contributed by atoms with Crippen molar-refractivity contribution in [3.63, 3.8) is 0 Å². The van der Waals surface area contributed by atoms with Crippen LogP contribution >= 0.6 is 0 Å². The predicted molar refractivity (Wildman–Crippen MR) is 77.0 cm³/mol. The lowest BCUT2D eigenvalue weighted by Gasteiger charge is -2.36. The van der Waals surface area contributed by atoms with Crippen LogP contribution in [0.1, 0.15) is 6.42 Å². The Labute approximate surface area is 124 Å². The van der Waals surface area contributed by atoms with Crippen LogP contribution < -0.4 is 0 Å². The SMILES string of the molecule is CN(C)C(=O)CN(C)C(=O)N1CCN(CCC(=O)O)CC1. The summed E-state index contributed by atoms with van der Waals surface area (Å²) in [6.45, 7) is 3.00. The van der Waals surface area contributed by atoms with Gasteiger partial charge in [0.25, 0.3) is 0 Å². The van der Waals surface area contributed by atoms with Gasteiger partial charge in [-0.3, -0.25) is 14.5 Å². The van der Waals surface area contributed by atoms with Crippen molar-refractivity contribution in [1.82, 2.24) is 19.6 Å². The summed E-state index contributed by atoms with van der Waals surface area (Å²) in [5.74, 6) is -0.929. The Morgan fingerprint density at radius 2 is 1.62 bits per heavy atom. The maximum atomic E-state index is 12.2. The molecule has 0 unspecified atom stereocenters. The lowest BCUT2D eigenvalue weighted by Crippen LogP contribution is -2.53. The maximum Gasteiger partial charge on any atom is 0.320 e. The molecule has 1 N–H and O–H groups in total. The highest BCUT2D eigenvalue weighted by atomic mass is 16.4. The van der Waals surface area contributed by atoms with E-state index in [1.54, 1.807) is 26.0 Å². The molecule has 0 radical (unpaired) electrons. The van der Waals surface area contributed by atoms with E-state index in [9.17, 15) is 14.4 Å². The fourth-order valence-electron chi connectivity index (χ4n) is 2.07. The molecule has 1 fully saturated rings. The summed E-state index contributed by atoms with van der Waals surface area (Å²) in [4.78, 5) is 40.9. The second-order valence-corrected chi connectivity index (χ2v) is 5.40. The molecule has 0 atom stereocenters. The van der Waals surface area contributed by atoms with Crippen molar-refractivity contribution in [3.8, 4) is 0 Å². The molecule has 1 heterocycles. The summed E-state index contributed by atoms with van der Waals surface area (Å²) in [5, 5.41) is 8.65. The smallest absolute Gasteiger partial charge is 0.320 e. The van der Waals surface area contributed by atoms with E-state index in [4.69, 9.17) is 5.11 Å². The van der Waals surface area contributed by atoms with Gasteiger partial charge < -0.3 is 19.8 Å². The maximum absolute atomic E-state index is 12.2. The van der Waals surface area contributed by atoms with Gasteiger partial charge in [-0.15, -0.1) is 0 Å². The van der Waals surface area contributed by atoms with Crippen LogP contribution in [-0.4, -0.2) is 103 Å². The highest BCUT2D eigenvalue weighted by molar-refractivity contribution is 5.83. The quantitative estimate of drug-likeness (QED) is 0.720. The molecule has 21 heavy (non-hydrogen) atoms. The molecule has 0 aliphatic carbocycles. The molecule has 1 saturated heterocycles. The Morgan fingerprint density at radius 1 is 1.05 bits per heavy atom. The van der Waals surface area contributed by atoms with Gasteiger partial charge in [-0.25, -0.2) is 4.79 Å². The first-order valence-electron chi connectivity index (χ1n) is 6.95. The van der Waals surface area contributed by atoms with Crippen molar-refractivity contribution in [2.75, 3.05) is 60.4 Å². The van der Waals surface area contributed by atoms with Crippen molar-refractivity contribution in [3.05, 3.63) is 0 Å². The van der Waals surface area contributed by atoms with E-state index < -0.39 is 5.97 Å². The molecular weight excluding hydrogens is 276 g/mol. The van der Waals surface area contributed by atoms with Crippen LogP contribution in [0, 0.1) is 0 Å². The van der Waals surface area contributed by atoms with E-state index in [0.717, 1.165) is 0 Å². The number of aliphatic carboxylic acids is 1. The summed E-state index contributed by atoms with van der Waals surface area (Å²) in [7, 11) is 4.92. The Morgan fingerprint density at radius 3 is 2.10 bits per heavy atom. The van der Waals surface area contributed by atoms with Crippen LogP contribution in [0.5, 0.6) is 0 Å². The van der Waals surface area contributed by atoms with Gasteiger partial charge in [-0.2, -0.15) is 0 Å². The Kier molecular flexibility index (Phi) is 6.41. The average molecular weight is 300 g/mol. The van der Waals surface area contributed by atoms with Crippen LogP contribution in [0.3, 0.4) is 0 Å². The van der Waals surface area contributed by atoms with Gasteiger partial charge in [0.2, 0.25) is 5.91 Å². The third-order valence-corrected chi connectivity index (χ3v) is 3.48. The zero-order valence-corrected chi connectivity index (χ0v) is 12.9. The Hall–Kier alpha value is -1.83. The first-order valence-corrected chi connectivity index (χ1v) is 6.95. The number of piperazine rings is 1. The lowest BCUT2D eigenvalue weighted by atomic mass is 10.3. The van der Waals surface area contributed by atoms with E-state index in [2.05, 4.69) is 0 Å². The molecule has 0 spiro atoms. The monoisotopic (exact) mass is 300 g/mol. The number of urea groups is 1. The van der Waals surface area contributed by atoms with Gasteiger partial charge in [0.05, 0.1) is 6.42 Å². The topological polar surface area (TPSA) is 84.4 Å². The molecule has 8 nitrogen and oxygen atoms in total. The van der Waals surface area contributed by atoms with E-state index in [0.29, 0.717) is 32.7 Å². The number of carbonyl (C=O) groups excluding carboxylic acids is 2. The van der Waals surface area contributed by atoms with Gasteiger partial charge in [0.1, 0.15) is 6.54 Å². The molecule has 0 aromatic heterocycles. The number of carbonyl (C=O) groups is 3. The number of amides is 3. The number of carboxylic acids is 1. The normalized spacial score (nSPS) is 15.7. The van der Waals surface area contributed by atoms with Gasteiger partial charge >= 0.3 is 12.0 Å². The van der Waals surface area contributed by atoms with Crippen LogP contribution in [0.2, 0.25) is 0 Å². The number of likely N-dealkylation sites (N-methyl/N-ethyl adjacent to an activating group) is 2. The minimum atomic E-state index is -0.810. The van der Waals surface area contributed by atoms with Crippen molar-refractivity contribution in [2.24, 2.45) is 0 Å². The first-order chi connectivity index (χ1) is 9.81. The van der Waals surface area contributed by atoms with Gasteiger partial charge in [-0.1, -0.05) is 0 Å². The highest BCUT2D eigenvalue weighted by Gasteiger charge is 2.24. The summed E-state index contributed by atoms with van der Waals surface area (Å²) < 4.78 is 0. The molecule has 8 heteroatoms. The van der Waals surface area contributed by atoms with Gasteiger partial charge in [0.15, 0.2) is 0 Å². The van der Waals surface area contributed by atoms with Crippen LogP contribution in [0.25, 0.3) is 0 Å². The summed E-state index contributed by atoms with van der Waals surface area (Å²) in [6, 6.07) is -0.164. The molecule has 1 rings (SSSR count). The van der Waals surface area contributed by atoms with Crippen LogP contribution in [0.15, 0.2) is 0 Å². The predicted octanol–water partition coefficient (Wildman–Crippen LogP) is -0.781. The van der Waals surface area contributed by atoms with E-state index in [1.165, 1.54) is 9.80 Å². The summed E-state index contributed by atoms with van der Waals surface area (Å²) >= 11 is 0. The van der Waals surface area contributed by atoms with Gasteiger partial charge in [0, 0.05) is 53.9 Å². The van der Waals surface area contributed by atoms with E-state index >= 15 is 0 Å². The first kappa shape index (κ1) is 17.2. The third-order valence-electron chi connectivity index (χ3n) is 3.48. The zero-order chi connectivity index (χ0) is 16.0. The fraction of sp³-hybridized carbons (Fsp3) is 0.769. The zero-order valence-electron chi connectivity index (χ0n) is 12.9. The van der Waals surface area contributed by atoms with Crippen molar-refractivity contribution in [1.29, 1.82) is 0 Å². The van der Waals surface area contributed by atoms with Crippen molar-refractivity contribution >= 4 is 17.9 Å². The largest absolute Gasteiger partial charge is 0.481 e. The highest BCUT2D eigenvalue weighted by Crippen LogP contribution is 2.05. The molecule has 3 amide bonds. The minimum Gasteiger partial charge on any atom is -0.481 e. The van der Waals surface area contributed by atoms with E-state index in [-0.39, 0.29) is 24.9 Å². The second kappa shape index (κ2) is 7.82. The summed E-state index contributed by atoms with van der Waals surface area (Å²) in [5.41, 5.74) is 0. The minimum absolute atomic E-state index is 0.0606. The standard InChI is InChI=1S/C13H24N4O4/c1-14(2)11(18)10-15(3)13(21)17-8-6-16(7-9-17)5-4-12(19)20/h4-10H2,1-3H3,(H,19,20). The van der Waals surface area contributed by atoms with Gasteiger partial charge in [-0.05, 0) is 0 Å². The van der Waals surface area contributed by atoms with Crippen molar-refractivity contribution in [2.45, 2.75) is 6.42 Å². The fourth-order valence-corrected chi connectivity index (χ4v) is 2.07. The molecular formula is C13H24N4O4.